The van der Waals surface area contributed by atoms with E-state index in [2.05, 4.69) is 10.6 Å². The van der Waals surface area contributed by atoms with E-state index in [0.717, 1.165) is 10.5 Å². The second-order valence-corrected chi connectivity index (χ2v) is 6.79. The monoisotopic (exact) mass is 392 g/mol. The van der Waals surface area contributed by atoms with Crippen molar-refractivity contribution in [3.8, 4) is 0 Å². The minimum Gasteiger partial charge on any atom is -0.467 e. The zero-order chi connectivity index (χ0) is 19.8. The van der Waals surface area contributed by atoms with Gasteiger partial charge in [-0.15, -0.1) is 11.8 Å². The molecule has 0 aliphatic carbocycles. The van der Waals surface area contributed by atoms with Crippen molar-refractivity contribution < 1.29 is 14.0 Å². The Labute approximate surface area is 167 Å². The number of hydrogen-bond acceptors (Lipinski definition) is 4. The summed E-state index contributed by atoms with van der Waals surface area (Å²) in [6, 6.07) is 20.0. The first kappa shape index (κ1) is 19.5. The fourth-order valence-electron chi connectivity index (χ4n) is 2.48. The van der Waals surface area contributed by atoms with Crippen molar-refractivity contribution in [1.29, 1.82) is 0 Å². The summed E-state index contributed by atoms with van der Waals surface area (Å²) in [4.78, 5) is 26.3. The molecule has 0 atom stereocenters. The van der Waals surface area contributed by atoms with Crippen LogP contribution in [0.15, 0.2) is 88.0 Å². The first-order valence-corrected chi connectivity index (χ1v) is 9.91. The van der Waals surface area contributed by atoms with E-state index in [0.29, 0.717) is 11.3 Å². The molecule has 0 radical (unpaired) electrons. The number of carbonyl (C=O) groups excluding carboxylic acids is 2. The van der Waals surface area contributed by atoms with Crippen LogP contribution in [0.5, 0.6) is 0 Å². The highest BCUT2D eigenvalue weighted by atomic mass is 32.2. The molecule has 0 aliphatic heterocycles. The normalized spacial score (nSPS) is 11.1. The van der Waals surface area contributed by atoms with Gasteiger partial charge in [0.2, 0.25) is 0 Å². The Hall–Kier alpha value is -3.25. The molecule has 0 unspecified atom stereocenters. The summed E-state index contributed by atoms with van der Waals surface area (Å²) in [6.45, 7) is 0.232. The fraction of sp³-hybridized carbons (Fsp3) is 0.0909. The molecule has 5 nitrogen and oxygen atoms in total. The lowest BCUT2D eigenvalue weighted by Crippen LogP contribution is -2.34. The molecule has 3 aromatic rings. The van der Waals surface area contributed by atoms with E-state index in [1.807, 2.05) is 36.6 Å². The van der Waals surface area contributed by atoms with E-state index in [1.54, 1.807) is 60.5 Å². The molecule has 6 heteroatoms. The SMILES string of the molecule is CSc1ccc(C=C(NC(=O)c2ccccc2)C(=O)NCc2ccco2)cc1. The van der Waals surface area contributed by atoms with Crippen molar-refractivity contribution in [2.45, 2.75) is 11.4 Å². The predicted octanol–water partition coefficient (Wildman–Crippen LogP) is 4.09. The summed E-state index contributed by atoms with van der Waals surface area (Å²) >= 11 is 1.64. The van der Waals surface area contributed by atoms with Crippen molar-refractivity contribution in [2.75, 3.05) is 6.26 Å². The van der Waals surface area contributed by atoms with Crippen LogP contribution in [-0.4, -0.2) is 18.1 Å². The summed E-state index contributed by atoms with van der Waals surface area (Å²) in [5, 5.41) is 5.48. The van der Waals surface area contributed by atoms with E-state index >= 15 is 0 Å². The third-order valence-corrected chi connectivity index (χ3v) is 4.70. The van der Waals surface area contributed by atoms with Gasteiger partial charge in [-0.2, -0.15) is 0 Å². The molecule has 0 spiro atoms. The van der Waals surface area contributed by atoms with Crippen LogP contribution in [0.25, 0.3) is 6.08 Å². The van der Waals surface area contributed by atoms with Gasteiger partial charge in [0.25, 0.3) is 11.8 Å². The van der Waals surface area contributed by atoms with Gasteiger partial charge in [-0.1, -0.05) is 30.3 Å². The number of hydrogen-bond donors (Lipinski definition) is 2. The second-order valence-electron chi connectivity index (χ2n) is 5.91. The maximum Gasteiger partial charge on any atom is 0.268 e. The second kappa shape index (κ2) is 9.62. The maximum atomic E-state index is 12.7. The molecule has 0 saturated carbocycles. The van der Waals surface area contributed by atoms with E-state index in [9.17, 15) is 9.59 Å². The lowest BCUT2D eigenvalue weighted by atomic mass is 10.1. The molecular formula is C22H20N2O3S. The Morgan fingerprint density at radius 3 is 2.39 bits per heavy atom. The summed E-state index contributed by atoms with van der Waals surface area (Å²) in [5.41, 5.74) is 1.46. The Morgan fingerprint density at radius 1 is 1.00 bits per heavy atom. The number of thioether (sulfide) groups is 1. The Bertz CT molecular complexity index is 949. The molecule has 2 aromatic carbocycles. The van der Waals surface area contributed by atoms with Crippen molar-refractivity contribution >= 4 is 29.7 Å². The van der Waals surface area contributed by atoms with Crippen LogP contribution in [0.4, 0.5) is 0 Å². The van der Waals surface area contributed by atoms with Crippen LogP contribution in [0.2, 0.25) is 0 Å². The van der Waals surface area contributed by atoms with Crippen LogP contribution in [0.3, 0.4) is 0 Å². The number of amides is 2. The van der Waals surface area contributed by atoms with Gasteiger partial charge >= 0.3 is 0 Å². The molecule has 142 valence electrons. The minimum atomic E-state index is -0.394. The van der Waals surface area contributed by atoms with E-state index < -0.39 is 5.91 Å². The van der Waals surface area contributed by atoms with Crippen molar-refractivity contribution in [3.63, 3.8) is 0 Å². The average molecular weight is 392 g/mol. The van der Waals surface area contributed by atoms with Gasteiger partial charge in [0.05, 0.1) is 12.8 Å². The highest BCUT2D eigenvalue weighted by Crippen LogP contribution is 2.16. The molecule has 28 heavy (non-hydrogen) atoms. The molecule has 0 saturated heterocycles. The van der Waals surface area contributed by atoms with Gasteiger partial charge in [-0.3, -0.25) is 9.59 Å². The molecule has 1 aromatic heterocycles. The summed E-state index contributed by atoms with van der Waals surface area (Å²) < 4.78 is 5.23. The first-order valence-electron chi connectivity index (χ1n) is 8.68. The number of furan rings is 1. The van der Waals surface area contributed by atoms with E-state index in [4.69, 9.17) is 4.42 Å². The molecule has 2 amide bonds. The smallest absolute Gasteiger partial charge is 0.268 e. The molecular weight excluding hydrogens is 372 g/mol. The third-order valence-electron chi connectivity index (χ3n) is 3.96. The predicted molar refractivity (Wildman–Crippen MR) is 111 cm³/mol. The lowest BCUT2D eigenvalue weighted by Gasteiger charge is -2.11. The zero-order valence-electron chi connectivity index (χ0n) is 15.3. The molecule has 2 N–H and O–H groups in total. The van der Waals surface area contributed by atoms with Crippen LogP contribution < -0.4 is 10.6 Å². The average Bonchev–Trinajstić information content (AvgIpc) is 3.26. The Balaban J connectivity index is 1.80. The Kier molecular flexibility index (Phi) is 6.70. The number of benzene rings is 2. The standard InChI is InChI=1S/C22H20N2O3S/c1-28-19-11-9-16(10-12-19)14-20(22(26)23-15-18-8-5-13-27-18)24-21(25)17-6-3-2-4-7-17/h2-14H,15H2,1H3,(H,23,26)(H,24,25). The molecule has 3 rings (SSSR count). The maximum absolute atomic E-state index is 12.7. The lowest BCUT2D eigenvalue weighted by molar-refractivity contribution is -0.118. The highest BCUT2D eigenvalue weighted by Gasteiger charge is 2.15. The molecule has 1 heterocycles. The molecule has 0 aliphatic rings. The van der Waals surface area contributed by atoms with Crippen LogP contribution >= 0.6 is 11.8 Å². The number of carbonyl (C=O) groups is 2. The van der Waals surface area contributed by atoms with Gasteiger partial charge in [0, 0.05) is 10.5 Å². The van der Waals surface area contributed by atoms with Crippen LogP contribution in [0.1, 0.15) is 21.7 Å². The summed E-state index contributed by atoms with van der Waals surface area (Å²) in [7, 11) is 0. The Morgan fingerprint density at radius 2 is 1.75 bits per heavy atom. The quantitative estimate of drug-likeness (QED) is 0.469. The van der Waals surface area contributed by atoms with E-state index in [1.165, 1.54) is 0 Å². The van der Waals surface area contributed by atoms with Gasteiger partial charge < -0.3 is 15.1 Å². The van der Waals surface area contributed by atoms with E-state index in [-0.39, 0.29) is 18.1 Å². The topological polar surface area (TPSA) is 71.3 Å². The zero-order valence-corrected chi connectivity index (χ0v) is 16.2. The first-order chi connectivity index (χ1) is 13.7. The largest absolute Gasteiger partial charge is 0.467 e. The van der Waals surface area contributed by atoms with Gasteiger partial charge in [-0.25, -0.2) is 0 Å². The minimum absolute atomic E-state index is 0.164. The number of nitrogens with one attached hydrogen (secondary N) is 2. The highest BCUT2D eigenvalue weighted by molar-refractivity contribution is 7.98. The third kappa shape index (κ3) is 5.37. The van der Waals surface area contributed by atoms with Gasteiger partial charge in [-0.05, 0) is 54.3 Å². The summed E-state index contributed by atoms with van der Waals surface area (Å²) in [6.07, 6.45) is 5.20. The van der Waals surface area contributed by atoms with Crippen molar-refractivity contribution in [3.05, 3.63) is 95.6 Å². The fourth-order valence-corrected chi connectivity index (χ4v) is 2.89. The van der Waals surface area contributed by atoms with Crippen molar-refractivity contribution in [2.24, 2.45) is 0 Å². The summed E-state index contributed by atoms with van der Waals surface area (Å²) in [5.74, 6) is -0.109. The van der Waals surface area contributed by atoms with Crippen molar-refractivity contribution in [1.82, 2.24) is 10.6 Å². The van der Waals surface area contributed by atoms with Gasteiger partial charge in [0.1, 0.15) is 11.5 Å². The van der Waals surface area contributed by atoms with Crippen LogP contribution in [-0.2, 0) is 11.3 Å². The number of rotatable bonds is 7. The molecule has 0 bridgehead atoms. The molecule has 0 fully saturated rings. The van der Waals surface area contributed by atoms with Gasteiger partial charge in [0.15, 0.2) is 0 Å². The van der Waals surface area contributed by atoms with Crippen LogP contribution in [0, 0.1) is 0 Å².